The number of aryl methyl sites for hydroxylation is 1. The number of piperazine rings is 1. The summed E-state index contributed by atoms with van der Waals surface area (Å²) in [7, 11) is 0. The van der Waals surface area contributed by atoms with Crippen molar-refractivity contribution in [1.82, 2.24) is 4.90 Å². The van der Waals surface area contributed by atoms with E-state index in [2.05, 4.69) is 47.9 Å². The van der Waals surface area contributed by atoms with Gasteiger partial charge in [-0.15, -0.1) is 0 Å². The van der Waals surface area contributed by atoms with Gasteiger partial charge in [0.05, 0.1) is 0 Å². The standard InChI is InChI=1S/C16H27N3/c1-3-15(7-8-17)18-9-11-19(12-10-18)16-6-4-5-14(2)13-16/h4-6,13,15H,3,7-12,17H2,1-2H3. The van der Waals surface area contributed by atoms with Crippen LogP contribution in [0.5, 0.6) is 0 Å². The predicted octanol–water partition coefficient (Wildman–Crippen LogP) is 2.24. The van der Waals surface area contributed by atoms with Gasteiger partial charge in [0.25, 0.3) is 0 Å². The summed E-state index contributed by atoms with van der Waals surface area (Å²) in [6.45, 7) is 9.81. The Labute approximate surface area is 117 Å². The summed E-state index contributed by atoms with van der Waals surface area (Å²) in [4.78, 5) is 5.11. The number of benzene rings is 1. The number of nitrogens with two attached hydrogens (primary N) is 1. The molecule has 1 aliphatic rings. The Morgan fingerprint density at radius 3 is 2.53 bits per heavy atom. The minimum absolute atomic E-state index is 0.671. The lowest BCUT2D eigenvalue weighted by atomic mass is 10.1. The van der Waals surface area contributed by atoms with E-state index in [9.17, 15) is 0 Å². The van der Waals surface area contributed by atoms with Gasteiger partial charge in [0.2, 0.25) is 0 Å². The van der Waals surface area contributed by atoms with E-state index in [0.29, 0.717) is 6.04 Å². The van der Waals surface area contributed by atoms with Crippen molar-refractivity contribution in [1.29, 1.82) is 0 Å². The Hall–Kier alpha value is -1.06. The van der Waals surface area contributed by atoms with E-state index >= 15 is 0 Å². The van der Waals surface area contributed by atoms with Crippen molar-refractivity contribution >= 4 is 5.69 Å². The molecule has 1 aromatic carbocycles. The van der Waals surface area contributed by atoms with Crippen LogP contribution in [-0.2, 0) is 0 Å². The van der Waals surface area contributed by atoms with Gasteiger partial charge in [-0.2, -0.15) is 0 Å². The van der Waals surface area contributed by atoms with Gasteiger partial charge in [0.1, 0.15) is 0 Å². The molecule has 0 aliphatic carbocycles. The molecule has 1 atom stereocenters. The third-order valence-electron chi connectivity index (χ3n) is 4.17. The SMILES string of the molecule is CCC(CCN)N1CCN(c2cccc(C)c2)CC1. The smallest absolute Gasteiger partial charge is 0.0369 e. The molecule has 2 rings (SSSR count). The zero-order chi connectivity index (χ0) is 13.7. The number of nitrogens with zero attached hydrogens (tertiary/aromatic N) is 2. The minimum Gasteiger partial charge on any atom is -0.369 e. The van der Waals surface area contributed by atoms with E-state index in [-0.39, 0.29) is 0 Å². The summed E-state index contributed by atoms with van der Waals surface area (Å²) < 4.78 is 0. The summed E-state index contributed by atoms with van der Waals surface area (Å²) in [6.07, 6.45) is 2.34. The molecular weight excluding hydrogens is 234 g/mol. The molecule has 1 unspecified atom stereocenters. The lowest BCUT2D eigenvalue weighted by Crippen LogP contribution is -2.50. The Balaban J connectivity index is 1.91. The van der Waals surface area contributed by atoms with Crippen LogP contribution in [0.1, 0.15) is 25.3 Å². The van der Waals surface area contributed by atoms with Gasteiger partial charge in [-0.25, -0.2) is 0 Å². The van der Waals surface area contributed by atoms with E-state index in [1.807, 2.05) is 0 Å². The summed E-state index contributed by atoms with van der Waals surface area (Å²) in [5.74, 6) is 0. The molecule has 0 saturated carbocycles. The molecule has 0 spiro atoms. The normalized spacial score (nSPS) is 18.6. The van der Waals surface area contributed by atoms with Gasteiger partial charge in [0, 0.05) is 37.9 Å². The molecule has 0 aromatic heterocycles. The molecule has 1 saturated heterocycles. The van der Waals surface area contributed by atoms with Gasteiger partial charge in [0.15, 0.2) is 0 Å². The van der Waals surface area contributed by atoms with Crippen molar-refractivity contribution in [2.75, 3.05) is 37.6 Å². The molecule has 3 nitrogen and oxygen atoms in total. The summed E-state index contributed by atoms with van der Waals surface area (Å²) in [5, 5.41) is 0. The predicted molar refractivity (Wildman–Crippen MR) is 82.7 cm³/mol. The van der Waals surface area contributed by atoms with Crippen LogP contribution in [0.4, 0.5) is 5.69 Å². The van der Waals surface area contributed by atoms with Gasteiger partial charge in [-0.05, 0) is 44.0 Å². The molecule has 1 aliphatic heterocycles. The first kappa shape index (κ1) is 14.4. The van der Waals surface area contributed by atoms with Crippen LogP contribution in [0.2, 0.25) is 0 Å². The Kier molecular flexibility index (Phi) is 5.23. The second kappa shape index (κ2) is 6.92. The van der Waals surface area contributed by atoms with Gasteiger partial charge in [-0.3, -0.25) is 4.90 Å². The van der Waals surface area contributed by atoms with Gasteiger partial charge >= 0.3 is 0 Å². The molecule has 0 radical (unpaired) electrons. The van der Waals surface area contributed by atoms with Crippen molar-refractivity contribution in [3.8, 4) is 0 Å². The fourth-order valence-corrected chi connectivity index (χ4v) is 3.01. The molecule has 1 heterocycles. The second-order valence-corrected chi connectivity index (χ2v) is 5.50. The van der Waals surface area contributed by atoms with Gasteiger partial charge in [-0.1, -0.05) is 19.1 Å². The second-order valence-electron chi connectivity index (χ2n) is 5.50. The Morgan fingerprint density at radius 2 is 1.95 bits per heavy atom. The van der Waals surface area contributed by atoms with Crippen LogP contribution in [0.25, 0.3) is 0 Å². The molecule has 1 fully saturated rings. The number of hydrogen-bond donors (Lipinski definition) is 1. The lowest BCUT2D eigenvalue weighted by Gasteiger charge is -2.40. The van der Waals surface area contributed by atoms with Gasteiger partial charge < -0.3 is 10.6 Å². The average Bonchev–Trinajstić information content (AvgIpc) is 2.45. The highest BCUT2D eigenvalue weighted by Crippen LogP contribution is 2.19. The maximum Gasteiger partial charge on any atom is 0.0369 e. The first-order valence-corrected chi connectivity index (χ1v) is 7.50. The van der Waals surface area contributed by atoms with Crippen molar-refractivity contribution < 1.29 is 0 Å². The van der Waals surface area contributed by atoms with E-state index in [4.69, 9.17) is 5.73 Å². The average molecular weight is 261 g/mol. The highest BCUT2D eigenvalue weighted by Gasteiger charge is 2.22. The highest BCUT2D eigenvalue weighted by molar-refractivity contribution is 5.48. The van der Waals surface area contributed by atoms with Crippen molar-refractivity contribution in [2.45, 2.75) is 32.7 Å². The minimum atomic E-state index is 0.671. The number of rotatable bonds is 5. The molecule has 2 N–H and O–H groups in total. The molecule has 0 amide bonds. The Bertz CT molecular complexity index is 383. The van der Waals surface area contributed by atoms with Crippen molar-refractivity contribution in [3.63, 3.8) is 0 Å². The molecular formula is C16H27N3. The van der Waals surface area contributed by atoms with Crippen LogP contribution >= 0.6 is 0 Å². The maximum atomic E-state index is 5.71. The van der Waals surface area contributed by atoms with E-state index < -0.39 is 0 Å². The van der Waals surface area contributed by atoms with E-state index in [1.54, 1.807) is 0 Å². The largest absolute Gasteiger partial charge is 0.369 e. The van der Waals surface area contributed by atoms with E-state index in [0.717, 1.165) is 39.1 Å². The van der Waals surface area contributed by atoms with Crippen LogP contribution < -0.4 is 10.6 Å². The summed E-state index contributed by atoms with van der Waals surface area (Å²) >= 11 is 0. The van der Waals surface area contributed by atoms with Crippen LogP contribution in [0.15, 0.2) is 24.3 Å². The zero-order valence-electron chi connectivity index (χ0n) is 12.3. The molecule has 0 bridgehead atoms. The quantitative estimate of drug-likeness (QED) is 0.882. The molecule has 1 aromatic rings. The fourth-order valence-electron chi connectivity index (χ4n) is 3.01. The number of anilines is 1. The highest BCUT2D eigenvalue weighted by atomic mass is 15.3. The molecule has 106 valence electrons. The number of hydrogen-bond acceptors (Lipinski definition) is 3. The fraction of sp³-hybridized carbons (Fsp3) is 0.625. The lowest BCUT2D eigenvalue weighted by molar-refractivity contribution is 0.173. The van der Waals surface area contributed by atoms with E-state index in [1.165, 1.54) is 17.7 Å². The third-order valence-corrected chi connectivity index (χ3v) is 4.17. The summed E-state index contributed by atoms with van der Waals surface area (Å²) in [5.41, 5.74) is 8.42. The van der Waals surface area contributed by atoms with Crippen LogP contribution in [0.3, 0.4) is 0 Å². The zero-order valence-corrected chi connectivity index (χ0v) is 12.3. The third kappa shape index (κ3) is 3.71. The monoisotopic (exact) mass is 261 g/mol. The van der Waals surface area contributed by atoms with Crippen molar-refractivity contribution in [3.05, 3.63) is 29.8 Å². The topological polar surface area (TPSA) is 32.5 Å². The maximum absolute atomic E-state index is 5.71. The first-order chi connectivity index (χ1) is 9.24. The van der Waals surface area contributed by atoms with Crippen molar-refractivity contribution in [2.24, 2.45) is 5.73 Å². The summed E-state index contributed by atoms with van der Waals surface area (Å²) in [6, 6.07) is 9.49. The first-order valence-electron chi connectivity index (χ1n) is 7.50. The molecule has 19 heavy (non-hydrogen) atoms. The Morgan fingerprint density at radius 1 is 1.21 bits per heavy atom. The van der Waals surface area contributed by atoms with Crippen LogP contribution in [0, 0.1) is 6.92 Å². The van der Waals surface area contributed by atoms with Crippen LogP contribution in [-0.4, -0.2) is 43.7 Å². The molecule has 3 heteroatoms.